The van der Waals surface area contributed by atoms with Crippen LogP contribution in [0.2, 0.25) is 0 Å². The Morgan fingerprint density at radius 2 is 1.68 bits per heavy atom. The Morgan fingerprint density at radius 1 is 1.03 bits per heavy atom. The van der Waals surface area contributed by atoms with Crippen LogP contribution in [-0.4, -0.2) is 65.2 Å². The number of rotatable bonds is 12. The second-order valence-electron chi connectivity index (χ2n) is 7.80. The van der Waals surface area contributed by atoms with Gasteiger partial charge >= 0.3 is 0 Å². The molecule has 2 aromatic carbocycles. The van der Waals surface area contributed by atoms with E-state index in [0.29, 0.717) is 17.2 Å². The Labute approximate surface area is 201 Å². The van der Waals surface area contributed by atoms with Crippen molar-refractivity contribution in [1.29, 1.82) is 0 Å². The second-order valence-corrected chi connectivity index (χ2v) is 9.71. The zero-order valence-corrected chi connectivity index (χ0v) is 21.1. The third-order valence-corrected chi connectivity index (χ3v) is 6.61. The molecule has 0 bridgehead atoms. The van der Waals surface area contributed by atoms with E-state index >= 15 is 0 Å². The zero-order chi connectivity index (χ0) is 25.3. The van der Waals surface area contributed by atoms with Crippen molar-refractivity contribution in [1.82, 2.24) is 10.2 Å². The van der Waals surface area contributed by atoms with E-state index in [1.165, 1.54) is 23.4 Å². The van der Waals surface area contributed by atoms with Gasteiger partial charge in [0.05, 0.1) is 26.2 Å². The Kier molecular flexibility index (Phi) is 9.73. The number of carbonyl (C=O) groups excluding carboxylic acids is 2. The Hall–Kier alpha value is -3.27. The average Bonchev–Trinajstić information content (AvgIpc) is 2.83. The van der Waals surface area contributed by atoms with Crippen molar-refractivity contribution in [3.63, 3.8) is 0 Å². The van der Waals surface area contributed by atoms with E-state index in [0.717, 1.165) is 11.8 Å². The van der Waals surface area contributed by atoms with E-state index in [4.69, 9.17) is 9.47 Å². The molecule has 0 aliphatic carbocycles. The monoisotopic (exact) mass is 491 g/mol. The van der Waals surface area contributed by atoms with Crippen molar-refractivity contribution < 1.29 is 27.5 Å². The Morgan fingerprint density at radius 3 is 2.24 bits per heavy atom. The molecule has 0 fully saturated rings. The molecule has 0 saturated carbocycles. The molecule has 0 radical (unpaired) electrons. The van der Waals surface area contributed by atoms with E-state index < -0.39 is 16.1 Å². The normalized spacial score (nSPS) is 11.9. The minimum Gasteiger partial charge on any atom is -0.497 e. The summed E-state index contributed by atoms with van der Waals surface area (Å²) in [6, 6.07) is 13.3. The first-order chi connectivity index (χ1) is 16.1. The third kappa shape index (κ3) is 7.38. The molecule has 0 heterocycles. The number of sulfonamides is 1. The van der Waals surface area contributed by atoms with E-state index in [2.05, 4.69) is 5.32 Å². The summed E-state index contributed by atoms with van der Waals surface area (Å²) in [7, 11) is 1.06. The van der Waals surface area contributed by atoms with Crippen LogP contribution in [0.15, 0.2) is 48.5 Å². The predicted octanol–water partition coefficient (Wildman–Crippen LogP) is 2.41. The lowest BCUT2D eigenvalue weighted by Gasteiger charge is -2.29. The summed E-state index contributed by atoms with van der Waals surface area (Å²) in [5.41, 5.74) is 1.31. The summed E-state index contributed by atoms with van der Waals surface area (Å²) < 4.78 is 36.4. The first-order valence-electron chi connectivity index (χ1n) is 10.9. The summed E-state index contributed by atoms with van der Waals surface area (Å²) in [6.07, 6.45) is 1.49. The fourth-order valence-corrected chi connectivity index (χ4v) is 4.48. The number of ether oxygens (including phenoxy) is 2. The summed E-state index contributed by atoms with van der Waals surface area (Å²) in [5, 5.41) is 2.58. The van der Waals surface area contributed by atoms with Crippen molar-refractivity contribution in [3.8, 4) is 11.5 Å². The van der Waals surface area contributed by atoms with E-state index in [1.807, 2.05) is 18.2 Å². The number of hydrogen-bond donors (Lipinski definition) is 1. The molecule has 0 aliphatic rings. The number of nitrogens with zero attached hydrogens (tertiary/aromatic N) is 2. The molecule has 34 heavy (non-hydrogen) atoms. The van der Waals surface area contributed by atoms with Crippen LogP contribution in [0.4, 0.5) is 5.69 Å². The van der Waals surface area contributed by atoms with Crippen LogP contribution in [0.3, 0.4) is 0 Å². The van der Waals surface area contributed by atoms with Crippen molar-refractivity contribution in [3.05, 3.63) is 54.1 Å². The van der Waals surface area contributed by atoms with Gasteiger partial charge in [0.1, 0.15) is 17.5 Å². The number of likely N-dealkylation sites (N-methyl/N-ethyl adjacent to an activating group) is 1. The van der Waals surface area contributed by atoms with Crippen LogP contribution in [0.25, 0.3) is 0 Å². The molecule has 186 valence electrons. The average molecular weight is 492 g/mol. The molecule has 0 saturated heterocycles. The number of anilines is 1. The standard InChI is InChI=1S/C24H33N3O6S/c1-18(24(29)25-2)26(17-19-8-6-9-22(16-19)33-4)23(28)10-7-15-27(34(5,30)31)20-11-13-21(32-3)14-12-20/h6,8-9,11-14,16,18H,7,10,15,17H2,1-5H3,(H,25,29). The Bertz CT molecular complexity index is 1070. The van der Waals surface area contributed by atoms with Gasteiger partial charge in [-0.2, -0.15) is 0 Å². The van der Waals surface area contributed by atoms with E-state index in [9.17, 15) is 18.0 Å². The van der Waals surface area contributed by atoms with Gasteiger partial charge in [-0.25, -0.2) is 8.42 Å². The molecule has 2 rings (SSSR count). The molecule has 9 nitrogen and oxygen atoms in total. The summed E-state index contributed by atoms with van der Waals surface area (Å²) in [5.74, 6) is 0.735. The first-order valence-corrected chi connectivity index (χ1v) is 12.7. The van der Waals surface area contributed by atoms with Gasteiger partial charge in [-0.3, -0.25) is 13.9 Å². The van der Waals surface area contributed by atoms with Gasteiger partial charge < -0.3 is 19.7 Å². The molecule has 0 aromatic heterocycles. The zero-order valence-electron chi connectivity index (χ0n) is 20.3. The molecule has 10 heteroatoms. The summed E-state index contributed by atoms with van der Waals surface area (Å²) >= 11 is 0. The number of methoxy groups -OCH3 is 2. The maximum Gasteiger partial charge on any atom is 0.242 e. The van der Waals surface area contributed by atoms with Gasteiger partial charge in [0, 0.05) is 26.6 Å². The number of amides is 2. The van der Waals surface area contributed by atoms with Gasteiger partial charge in [0.25, 0.3) is 0 Å². The van der Waals surface area contributed by atoms with Gasteiger partial charge in [-0.15, -0.1) is 0 Å². The maximum atomic E-state index is 13.1. The number of nitrogens with one attached hydrogen (secondary N) is 1. The number of hydrogen-bond acceptors (Lipinski definition) is 6. The molecule has 0 spiro atoms. The fourth-order valence-electron chi connectivity index (χ4n) is 3.51. The maximum absolute atomic E-state index is 13.1. The van der Waals surface area contributed by atoms with E-state index in [-0.39, 0.29) is 37.7 Å². The minimum absolute atomic E-state index is 0.0769. The smallest absolute Gasteiger partial charge is 0.242 e. The van der Waals surface area contributed by atoms with Gasteiger partial charge in [-0.05, 0) is 55.3 Å². The van der Waals surface area contributed by atoms with Crippen molar-refractivity contribution >= 4 is 27.5 Å². The van der Waals surface area contributed by atoms with Gasteiger partial charge in [0.2, 0.25) is 21.8 Å². The fraction of sp³-hybridized carbons (Fsp3) is 0.417. The summed E-state index contributed by atoms with van der Waals surface area (Å²) in [6.45, 7) is 2.01. The highest BCUT2D eigenvalue weighted by Gasteiger charge is 2.26. The van der Waals surface area contributed by atoms with Crippen molar-refractivity contribution in [2.24, 2.45) is 0 Å². The quantitative estimate of drug-likeness (QED) is 0.489. The predicted molar refractivity (Wildman–Crippen MR) is 131 cm³/mol. The van der Waals surface area contributed by atoms with Crippen LogP contribution >= 0.6 is 0 Å². The van der Waals surface area contributed by atoms with Crippen LogP contribution in [0.5, 0.6) is 11.5 Å². The highest BCUT2D eigenvalue weighted by molar-refractivity contribution is 7.92. The van der Waals surface area contributed by atoms with Gasteiger partial charge in [-0.1, -0.05) is 12.1 Å². The van der Waals surface area contributed by atoms with Crippen LogP contribution in [0, 0.1) is 0 Å². The highest BCUT2D eigenvalue weighted by atomic mass is 32.2. The molecular formula is C24H33N3O6S. The minimum atomic E-state index is -3.56. The topological polar surface area (TPSA) is 105 Å². The first kappa shape index (κ1) is 27.0. The van der Waals surface area contributed by atoms with Crippen LogP contribution in [0.1, 0.15) is 25.3 Å². The molecular weight excluding hydrogens is 458 g/mol. The lowest BCUT2D eigenvalue weighted by atomic mass is 10.1. The SMILES string of the molecule is CNC(=O)C(C)N(Cc1cccc(OC)c1)C(=O)CCCN(c1ccc(OC)cc1)S(C)(=O)=O. The van der Waals surface area contributed by atoms with E-state index in [1.54, 1.807) is 44.4 Å². The molecule has 1 atom stereocenters. The summed E-state index contributed by atoms with van der Waals surface area (Å²) in [4.78, 5) is 26.9. The van der Waals surface area contributed by atoms with Gasteiger partial charge in [0.15, 0.2) is 0 Å². The molecule has 0 aliphatic heterocycles. The molecule has 1 unspecified atom stereocenters. The number of carbonyl (C=O) groups is 2. The Balaban J connectivity index is 2.15. The van der Waals surface area contributed by atoms with Crippen molar-refractivity contribution in [2.75, 3.05) is 38.4 Å². The van der Waals surface area contributed by atoms with Crippen LogP contribution < -0.4 is 19.1 Å². The number of benzene rings is 2. The lowest BCUT2D eigenvalue weighted by molar-refractivity contribution is -0.140. The second kappa shape index (κ2) is 12.3. The van der Waals surface area contributed by atoms with Crippen LogP contribution in [-0.2, 0) is 26.2 Å². The lowest BCUT2D eigenvalue weighted by Crippen LogP contribution is -2.46. The largest absolute Gasteiger partial charge is 0.497 e. The molecule has 2 aromatic rings. The third-order valence-electron chi connectivity index (χ3n) is 5.41. The van der Waals surface area contributed by atoms with Crippen molar-refractivity contribution in [2.45, 2.75) is 32.4 Å². The molecule has 2 amide bonds. The highest BCUT2D eigenvalue weighted by Crippen LogP contribution is 2.22. The molecule has 1 N–H and O–H groups in total.